The first-order chi connectivity index (χ1) is 13.1. The number of halogens is 1. The number of hydrogen-bond donors (Lipinski definition) is 1. The van der Waals surface area contributed by atoms with Gasteiger partial charge in [-0.3, -0.25) is 19.3 Å². The fraction of sp³-hybridized carbons (Fsp3) is 0.286. The van der Waals surface area contributed by atoms with Crippen molar-refractivity contribution in [1.82, 2.24) is 10.2 Å². The number of carbonyl (C=O) groups excluding carboxylic acids is 3. The lowest BCUT2D eigenvalue weighted by atomic mass is 10.1. The largest absolute Gasteiger partial charge is 0.356 e. The van der Waals surface area contributed by atoms with E-state index in [1.165, 1.54) is 10.5 Å². The van der Waals surface area contributed by atoms with Gasteiger partial charge < -0.3 is 5.32 Å². The van der Waals surface area contributed by atoms with Crippen LogP contribution >= 0.6 is 11.6 Å². The number of nitrogens with zero attached hydrogens (tertiary/aromatic N) is 1. The summed E-state index contributed by atoms with van der Waals surface area (Å²) >= 11 is 5.85. The van der Waals surface area contributed by atoms with Crippen molar-refractivity contribution in [2.45, 2.75) is 25.7 Å². The predicted molar refractivity (Wildman–Crippen MR) is 104 cm³/mol. The molecular formula is C21H21ClN2O3. The predicted octanol–water partition coefficient (Wildman–Crippen LogP) is 3.47. The Morgan fingerprint density at radius 2 is 1.56 bits per heavy atom. The van der Waals surface area contributed by atoms with Crippen molar-refractivity contribution in [3.8, 4) is 0 Å². The first-order valence-corrected chi connectivity index (χ1v) is 9.40. The van der Waals surface area contributed by atoms with E-state index in [9.17, 15) is 14.4 Å². The summed E-state index contributed by atoms with van der Waals surface area (Å²) in [7, 11) is 0. The van der Waals surface area contributed by atoms with Crippen LogP contribution in [0.3, 0.4) is 0 Å². The second kappa shape index (κ2) is 8.82. The zero-order chi connectivity index (χ0) is 19.2. The summed E-state index contributed by atoms with van der Waals surface area (Å²) in [6, 6.07) is 14.5. The molecule has 2 aromatic carbocycles. The second-order valence-corrected chi connectivity index (χ2v) is 6.93. The molecule has 0 spiro atoms. The summed E-state index contributed by atoms with van der Waals surface area (Å²) in [6.07, 6.45) is 2.45. The van der Waals surface area contributed by atoms with Gasteiger partial charge in [-0.2, -0.15) is 0 Å². The van der Waals surface area contributed by atoms with E-state index < -0.39 is 0 Å². The van der Waals surface area contributed by atoms with E-state index >= 15 is 0 Å². The van der Waals surface area contributed by atoms with Crippen LogP contribution in [0, 0.1) is 0 Å². The topological polar surface area (TPSA) is 66.5 Å². The molecule has 1 heterocycles. The van der Waals surface area contributed by atoms with E-state index in [-0.39, 0.29) is 30.7 Å². The molecule has 0 unspecified atom stereocenters. The molecule has 0 saturated carbocycles. The first kappa shape index (κ1) is 19.1. The number of benzene rings is 2. The number of rotatable bonds is 8. The molecule has 1 aliphatic rings. The summed E-state index contributed by atoms with van der Waals surface area (Å²) in [6.45, 7) is 0.846. The molecule has 3 amide bonds. The lowest BCUT2D eigenvalue weighted by molar-refractivity contribution is -0.121. The van der Waals surface area contributed by atoms with Crippen LogP contribution < -0.4 is 5.32 Å². The van der Waals surface area contributed by atoms with E-state index in [0.717, 1.165) is 12.8 Å². The molecule has 0 aromatic heterocycles. The quantitative estimate of drug-likeness (QED) is 0.559. The van der Waals surface area contributed by atoms with Crippen molar-refractivity contribution in [3.05, 3.63) is 70.2 Å². The highest BCUT2D eigenvalue weighted by molar-refractivity contribution is 6.30. The number of imide groups is 1. The molecule has 0 aliphatic carbocycles. The number of aryl methyl sites for hydroxylation is 1. The number of hydrogen-bond acceptors (Lipinski definition) is 3. The third-order valence-corrected chi connectivity index (χ3v) is 4.79. The number of fused-ring (bicyclic) bond motifs is 1. The van der Waals surface area contributed by atoms with Crippen LogP contribution in [0.5, 0.6) is 0 Å². The van der Waals surface area contributed by atoms with E-state index in [0.29, 0.717) is 29.1 Å². The van der Waals surface area contributed by atoms with E-state index in [1.807, 2.05) is 24.3 Å². The Morgan fingerprint density at radius 3 is 2.19 bits per heavy atom. The van der Waals surface area contributed by atoms with Gasteiger partial charge in [0.25, 0.3) is 11.8 Å². The van der Waals surface area contributed by atoms with Crippen LogP contribution in [0.2, 0.25) is 5.02 Å². The van der Waals surface area contributed by atoms with E-state index in [1.54, 1.807) is 24.3 Å². The highest BCUT2D eigenvalue weighted by atomic mass is 35.5. The zero-order valence-corrected chi connectivity index (χ0v) is 15.7. The summed E-state index contributed by atoms with van der Waals surface area (Å²) in [5, 5.41) is 3.59. The molecule has 0 saturated heterocycles. The van der Waals surface area contributed by atoms with Gasteiger partial charge in [0, 0.05) is 24.5 Å². The fourth-order valence-corrected chi connectivity index (χ4v) is 3.23. The average molecular weight is 385 g/mol. The molecule has 1 N–H and O–H groups in total. The van der Waals surface area contributed by atoms with Crippen LogP contribution in [0.25, 0.3) is 0 Å². The highest BCUT2D eigenvalue weighted by Crippen LogP contribution is 2.22. The minimum absolute atomic E-state index is 0.0669. The molecule has 0 bridgehead atoms. The van der Waals surface area contributed by atoms with Gasteiger partial charge in [0.1, 0.15) is 0 Å². The van der Waals surface area contributed by atoms with Crippen molar-refractivity contribution in [2.75, 3.05) is 13.1 Å². The number of amides is 3. The highest BCUT2D eigenvalue weighted by Gasteiger charge is 2.34. The van der Waals surface area contributed by atoms with Crippen molar-refractivity contribution >= 4 is 29.3 Å². The molecular weight excluding hydrogens is 364 g/mol. The summed E-state index contributed by atoms with van der Waals surface area (Å²) in [4.78, 5) is 37.6. The SMILES string of the molecule is O=C(CCCN1C(=O)c2ccccc2C1=O)NCCCc1ccc(Cl)cc1. The maximum absolute atomic E-state index is 12.2. The van der Waals surface area contributed by atoms with Gasteiger partial charge in [0.15, 0.2) is 0 Å². The Balaban J connectivity index is 1.35. The zero-order valence-electron chi connectivity index (χ0n) is 14.9. The summed E-state index contributed by atoms with van der Waals surface area (Å²) in [5.74, 6) is -0.624. The van der Waals surface area contributed by atoms with Crippen molar-refractivity contribution < 1.29 is 14.4 Å². The Hall–Kier alpha value is -2.66. The molecule has 1 aliphatic heterocycles. The van der Waals surface area contributed by atoms with Gasteiger partial charge in [-0.25, -0.2) is 0 Å². The van der Waals surface area contributed by atoms with Gasteiger partial charge in [-0.1, -0.05) is 35.9 Å². The molecule has 5 nitrogen and oxygen atoms in total. The Bertz CT molecular complexity index is 814. The van der Waals surface area contributed by atoms with Crippen LogP contribution in [-0.4, -0.2) is 35.7 Å². The minimum Gasteiger partial charge on any atom is -0.356 e. The molecule has 0 fully saturated rings. The van der Waals surface area contributed by atoms with E-state index in [2.05, 4.69) is 5.32 Å². The first-order valence-electron chi connectivity index (χ1n) is 9.02. The lowest BCUT2D eigenvalue weighted by Gasteiger charge is -2.13. The van der Waals surface area contributed by atoms with Crippen LogP contribution in [0.15, 0.2) is 48.5 Å². The Morgan fingerprint density at radius 1 is 0.926 bits per heavy atom. The molecule has 3 rings (SSSR count). The van der Waals surface area contributed by atoms with Crippen LogP contribution in [0.4, 0.5) is 0 Å². The van der Waals surface area contributed by atoms with Crippen molar-refractivity contribution in [2.24, 2.45) is 0 Å². The van der Waals surface area contributed by atoms with Crippen molar-refractivity contribution in [1.29, 1.82) is 0 Å². The average Bonchev–Trinajstić information content (AvgIpc) is 2.92. The van der Waals surface area contributed by atoms with Gasteiger partial charge in [-0.05, 0) is 49.1 Å². The standard InChI is InChI=1S/C21H21ClN2O3/c22-16-11-9-15(10-12-16)5-3-13-23-19(25)8-4-14-24-20(26)17-6-1-2-7-18(17)21(24)27/h1-2,6-7,9-12H,3-5,8,13-14H2,(H,23,25). The smallest absolute Gasteiger partial charge is 0.261 e. The fourth-order valence-electron chi connectivity index (χ4n) is 3.10. The number of carbonyl (C=O) groups is 3. The molecule has 6 heteroatoms. The number of nitrogens with one attached hydrogen (secondary N) is 1. The molecule has 140 valence electrons. The van der Waals surface area contributed by atoms with Crippen LogP contribution in [-0.2, 0) is 11.2 Å². The third kappa shape index (κ3) is 4.74. The maximum Gasteiger partial charge on any atom is 0.261 e. The van der Waals surface area contributed by atoms with Gasteiger partial charge in [0.05, 0.1) is 11.1 Å². The monoisotopic (exact) mass is 384 g/mol. The summed E-state index contributed by atoms with van der Waals surface area (Å²) < 4.78 is 0. The molecule has 0 radical (unpaired) electrons. The van der Waals surface area contributed by atoms with Crippen molar-refractivity contribution in [3.63, 3.8) is 0 Å². The summed E-state index contributed by atoms with van der Waals surface area (Å²) in [5.41, 5.74) is 2.06. The second-order valence-electron chi connectivity index (χ2n) is 6.49. The van der Waals surface area contributed by atoms with Gasteiger partial charge in [-0.15, -0.1) is 0 Å². The Kier molecular flexibility index (Phi) is 6.24. The Labute approximate surface area is 163 Å². The van der Waals surface area contributed by atoms with Gasteiger partial charge >= 0.3 is 0 Å². The van der Waals surface area contributed by atoms with Gasteiger partial charge in [0.2, 0.25) is 5.91 Å². The lowest BCUT2D eigenvalue weighted by Crippen LogP contribution is -2.32. The molecule has 0 atom stereocenters. The molecule has 2 aromatic rings. The normalized spacial score (nSPS) is 13.0. The molecule has 27 heavy (non-hydrogen) atoms. The third-order valence-electron chi connectivity index (χ3n) is 4.54. The minimum atomic E-state index is -0.279. The maximum atomic E-state index is 12.2. The van der Waals surface area contributed by atoms with E-state index in [4.69, 9.17) is 11.6 Å². The van der Waals surface area contributed by atoms with Crippen LogP contribution in [0.1, 0.15) is 45.5 Å².